The highest BCUT2D eigenvalue weighted by molar-refractivity contribution is 7.80. The lowest BCUT2D eigenvalue weighted by Gasteiger charge is -1.87. The standard InChI is InChI=1S/C6H5ClS.5ClH/c7-5-1-3-6(8)4-2-5;;;;;/h1-4,8H;5*1H. The van der Waals surface area contributed by atoms with Gasteiger partial charge in [0.25, 0.3) is 0 Å². The summed E-state index contributed by atoms with van der Waals surface area (Å²) in [6, 6.07) is 7.32. The van der Waals surface area contributed by atoms with Crippen molar-refractivity contribution in [2.24, 2.45) is 0 Å². The van der Waals surface area contributed by atoms with Crippen LogP contribution < -0.4 is 0 Å². The zero-order valence-corrected chi connectivity index (χ0v) is 11.9. The predicted octanol–water partition coefficient (Wildman–Crippen LogP) is 4.74. The van der Waals surface area contributed by atoms with Crippen LogP contribution in [-0.4, -0.2) is 0 Å². The molecule has 0 aliphatic heterocycles. The monoisotopic (exact) mass is 324 g/mol. The fourth-order valence-corrected chi connectivity index (χ4v) is 0.716. The topological polar surface area (TPSA) is 0 Å². The second kappa shape index (κ2) is 15.8. The smallest absolute Gasteiger partial charge is 0.0406 e. The average molecular weight is 327 g/mol. The minimum Gasteiger partial charge on any atom is -0.147 e. The molecule has 0 saturated heterocycles. The van der Waals surface area contributed by atoms with Crippen molar-refractivity contribution in [2.75, 3.05) is 0 Å². The molecule has 0 N–H and O–H groups in total. The Kier molecular flexibility index (Phi) is 35.5. The van der Waals surface area contributed by atoms with Crippen molar-refractivity contribution >= 4 is 86.3 Å². The van der Waals surface area contributed by atoms with Gasteiger partial charge in [0.05, 0.1) is 0 Å². The van der Waals surface area contributed by atoms with Gasteiger partial charge in [0.15, 0.2) is 0 Å². The molecule has 1 aromatic carbocycles. The minimum atomic E-state index is 0. The van der Waals surface area contributed by atoms with Crippen LogP contribution in [0.25, 0.3) is 0 Å². The maximum Gasteiger partial charge on any atom is 0.0406 e. The van der Waals surface area contributed by atoms with Gasteiger partial charge in [0, 0.05) is 9.92 Å². The van der Waals surface area contributed by atoms with Gasteiger partial charge in [-0.25, -0.2) is 0 Å². The molecule has 0 spiro atoms. The van der Waals surface area contributed by atoms with Crippen LogP contribution in [0.15, 0.2) is 29.2 Å². The number of rotatable bonds is 0. The quantitative estimate of drug-likeness (QED) is 0.654. The summed E-state index contributed by atoms with van der Waals surface area (Å²) in [5.41, 5.74) is 0. The lowest BCUT2D eigenvalue weighted by atomic mass is 10.4. The Hall–Kier alpha value is 1.31. The largest absolute Gasteiger partial charge is 0.147 e. The lowest BCUT2D eigenvalue weighted by molar-refractivity contribution is 1.48. The molecule has 82 valence electrons. The fourth-order valence-electron chi connectivity index (χ4n) is 0.441. The Labute approximate surface area is 120 Å². The van der Waals surface area contributed by atoms with Gasteiger partial charge in [-0.3, -0.25) is 0 Å². The molecule has 13 heavy (non-hydrogen) atoms. The van der Waals surface area contributed by atoms with E-state index >= 15 is 0 Å². The molecule has 0 aromatic heterocycles. The second-order valence-corrected chi connectivity index (χ2v) is 2.43. The molecule has 0 atom stereocenters. The molecular weight excluding hydrogens is 317 g/mol. The summed E-state index contributed by atoms with van der Waals surface area (Å²) >= 11 is 9.65. The molecule has 1 aromatic rings. The molecule has 0 nitrogen and oxygen atoms in total. The SMILES string of the molecule is Cl.Cl.Cl.Cl.Cl.Sc1ccc(Cl)cc1. The molecule has 0 saturated carbocycles. The Balaban J connectivity index is -0.0000000427. The van der Waals surface area contributed by atoms with Crippen LogP contribution >= 0.6 is 86.3 Å². The Morgan fingerprint density at radius 2 is 1.08 bits per heavy atom. The number of halogens is 6. The predicted molar refractivity (Wildman–Crippen MR) is 74.9 cm³/mol. The summed E-state index contributed by atoms with van der Waals surface area (Å²) in [5.74, 6) is 0. The van der Waals surface area contributed by atoms with E-state index in [2.05, 4.69) is 12.6 Å². The van der Waals surface area contributed by atoms with Crippen LogP contribution in [0.4, 0.5) is 0 Å². The summed E-state index contributed by atoms with van der Waals surface area (Å²) in [7, 11) is 0. The molecule has 0 radical (unpaired) electrons. The van der Waals surface area contributed by atoms with Crippen LogP contribution in [-0.2, 0) is 0 Å². The fraction of sp³-hybridized carbons (Fsp3) is 0. The van der Waals surface area contributed by atoms with E-state index in [0.29, 0.717) is 0 Å². The first-order valence-electron chi connectivity index (χ1n) is 2.23. The molecule has 0 aliphatic rings. The summed E-state index contributed by atoms with van der Waals surface area (Å²) < 4.78 is 0. The molecule has 0 aliphatic carbocycles. The first-order chi connectivity index (χ1) is 3.79. The average Bonchev–Trinajstić information content (AvgIpc) is 1.77. The molecule has 0 bridgehead atoms. The summed E-state index contributed by atoms with van der Waals surface area (Å²) in [6.45, 7) is 0. The number of hydrogen-bond donors (Lipinski definition) is 1. The maximum atomic E-state index is 5.58. The summed E-state index contributed by atoms with van der Waals surface area (Å²) in [4.78, 5) is 0.939. The van der Waals surface area contributed by atoms with Crippen molar-refractivity contribution in [3.8, 4) is 0 Å². The Morgan fingerprint density at radius 1 is 0.769 bits per heavy atom. The van der Waals surface area contributed by atoms with Crippen molar-refractivity contribution in [2.45, 2.75) is 4.90 Å². The van der Waals surface area contributed by atoms with E-state index in [9.17, 15) is 0 Å². The third kappa shape index (κ3) is 13.3. The van der Waals surface area contributed by atoms with Gasteiger partial charge in [-0.1, -0.05) is 11.6 Å². The molecule has 1 rings (SSSR count). The van der Waals surface area contributed by atoms with E-state index in [1.807, 2.05) is 24.3 Å². The molecule has 0 fully saturated rings. The Bertz CT molecular complexity index is 156. The van der Waals surface area contributed by atoms with Crippen molar-refractivity contribution in [3.05, 3.63) is 29.3 Å². The van der Waals surface area contributed by atoms with Gasteiger partial charge in [-0.15, -0.1) is 74.7 Å². The third-order valence-corrected chi connectivity index (χ3v) is 1.38. The zero-order valence-electron chi connectivity index (χ0n) is 6.18. The van der Waals surface area contributed by atoms with Crippen molar-refractivity contribution in [1.82, 2.24) is 0 Å². The van der Waals surface area contributed by atoms with E-state index in [4.69, 9.17) is 11.6 Å². The van der Waals surface area contributed by atoms with Gasteiger partial charge in [-0.2, -0.15) is 0 Å². The molecule has 0 heterocycles. The first-order valence-corrected chi connectivity index (χ1v) is 3.06. The number of hydrogen-bond acceptors (Lipinski definition) is 1. The van der Waals surface area contributed by atoms with Gasteiger partial charge >= 0.3 is 0 Å². The lowest BCUT2D eigenvalue weighted by Crippen LogP contribution is -1.61. The van der Waals surface area contributed by atoms with Crippen molar-refractivity contribution < 1.29 is 0 Å². The third-order valence-electron chi connectivity index (χ3n) is 0.827. The van der Waals surface area contributed by atoms with Gasteiger partial charge < -0.3 is 0 Å². The maximum absolute atomic E-state index is 5.58. The Morgan fingerprint density at radius 3 is 1.31 bits per heavy atom. The molecule has 0 amide bonds. The van der Waals surface area contributed by atoms with Crippen LogP contribution in [0, 0.1) is 0 Å². The van der Waals surface area contributed by atoms with Crippen LogP contribution in [0.5, 0.6) is 0 Å². The van der Waals surface area contributed by atoms with E-state index in [-0.39, 0.29) is 62.0 Å². The normalized spacial score (nSPS) is 5.69. The second-order valence-electron chi connectivity index (χ2n) is 1.48. The highest BCUT2D eigenvalue weighted by Gasteiger charge is 1.82. The van der Waals surface area contributed by atoms with Gasteiger partial charge in [-0.05, 0) is 24.3 Å². The number of benzene rings is 1. The highest BCUT2D eigenvalue weighted by Crippen LogP contribution is 2.11. The van der Waals surface area contributed by atoms with E-state index in [1.165, 1.54) is 0 Å². The van der Waals surface area contributed by atoms with Crippen LogP contribution in [0.1, 0.15) is 0 Å². The first kappa shape index (κ1) is 29.2. The molecular formula is C6H10Cl6S. The van der Waals surface area contributed by atoms with Crippen LogP contribution in [0.2, 0.25) is 5.02 Å². The van der Waals surface area contributed by atoms with Crippen LogP contribution in [0.3, 0.4) is 0 Å². The zero-order chi connectivity index (χ0) is 5.98. The van der Waals surface area contributed by atoms with Gasteiger partial charge in [0.1, 0.15) is 0 Å². The van der Waals surface area contributed by atoms with E-state index in [0.717, 1.165) is 9.92 Å². The van der Waals surface area contributed by atoms with E-state index < -0.39 is 0 Å². The van der Waals surface area contributed by atoms with E-state index in [1.54, 1.807) is 0 Å². The number of thiol groups is 1. The highest BCUT2D eigenvalue weighted by atomic mass is 35.5. The summed E-state index contributed by atoms with van der Waals surface area (Å²) in [5, 5.41) is 0.753. The van der Waals surface area contributed by atoms with Crippen molar-refractivity contribution in [3.63, 3.8) is 0 Å². The van der Waals surface area contributed by atoms with Gasteiger partial charge in [0.2, 0.25) is 0 Å². The summed E-state index contributed by atoms with van der Waals surface area (Å²) in [6.07, 6.45) is 0. The molecule has 0 unspecified atom stereocenters. The molecule has 7 heteroatoms. The minimum absolute atomic E-state index is 0. The van der Waals surface area contributed by atoms with Crippen molar-refractivity contribution in [1.29, 1.82) is 0 Å².